The molecule has 0 spiro atoms. The number of likely N-dealkylation sites (N-methyl/N-ethyl adjacent to an activating group) is 1. The molecule has 1 unspecified atom stereocenters. The molecule has 0 aliphatic rings. The largest absolute Gasteiger partial charge is 0.336 e. The summed E-state index contributed by atoms with van der Waals surface area (Å²) in [5.74, 6) is 0.147. The maximum Gasteiger partial charge on any atom is 0.240 e. The van der Waals surface area contributed by atoms with Crippen molar-refractivity contribution in [1.29, 1.82) is 0 Å². The number of hydrogen-bond donors (Lipinski definition) is 1. The fourth-order valence-corrected chi connectivity index (χ4v) is 1.53. The number of carbonyl (C=O) groups excluding carboxylic acids is 1. The van der Waals surface area contributed by atoms with Crippen LogP contribution in [-0.2, 0) is 11.3 Å². The first-order valence-electron chi connectivity index (χ1n) is 6.00. The van der Waals surface area contributed by atoms with Gasteiger partial charge in [-0.25, -0.2) is 0 Å². The fraction of sp³-hybridized carbons (Fsp3) is 0.538. The van der Waals surface area contributed by atoms with Gasteiger partial charge in [0.2, 0.25) is 5.91 Å². The molecule has 1 aromatic rings. The van der Waals surface area contributed by atoms with Gasteiger partial charge in [-0.3, -0.25) is 9.78 Å². The minimum atomic E-state index is -0.432. The van der Waals surface area contributed by atoms with Crippen LogP contribution >= 0.6 is 24.8 Å². The molecule has 0 saturated carbocycles. The molecule has 2 N–H and O–H groups in total. The Morgan fingerprint density at radius 2 is 2.00 bits per heavy atom. The second kappa shape index (κ2) is 10.0. The van der Waals surface area contributed by atoms with Crippen LogP contribution in [0.2, 0.25) is 0 Å². The molecule has 0 saturated heterocycles. The predicted molar refractivity (Wildman–Crippen MR) is 82.6 cm³/mol. The van der Waals surface area contributed by atoms with Crippen LogP contribution in [0.4, 0.5) is 0 Å². The van der Waals surface area contributed by atoms with E-state index in [4.69, 9.17) is 5.73 Å². The van der Waals surface area contributed by atoms with Crippen molar-refractivity contribution in [2.24, 2.45) is 11.7 Å². The molecular formula is C13H23Cl2N3O. The van der Waals surface area contributed by atoms with Crippen LogP contribution < -0.4 is 5.73 Å². The Balaban J connectivity index is 0. The van der Waals surface area contributed by atoms with E-state index in [0.717, 1.165) is 5.69 Å². The molecular weight excluding hydrogens is 285 g/mol. The molecule has 110 valence electrons. The summed E-state index contributed by atoms with van der Waals surface area (Å²) < 4.78 is 0. The Morgan fingerprint density at radius 3 is 2.42 bits per heavy atom. The van der Waals surface area contributed by atoms with Gasteiger partial charge in [-0.1, -0.05) is 19.9 Å². The van der Waals surface area contributed by atoms with E-state index in [1.807, 2.05) is 39.0 Å². The second-order valence-corrected chi connectivity index (χ2v) is 4.44. The van der Waals surface area contributed by atoms with Crippen molar-refractivity contribution in [3.63, 3.8) is 0 Å². The van der Waals surface area contributed by atoms with E-state index in [1.54, 1.807) is 11.1 Å². The number of amides is 1. The Labute approximate surface area is 127 Å². The summed E-state index contributed by atoms with van der Waals surface area (Å²) in [5, 5.41) is 0. The maximum atomic E-state index is 12.1. The molecule has 0 aliphatic heterocycles. The molecule has 19 heavy (non-hydrogen) atoms. The average Bonchev–Trinajstić information content (AvgIpc) is 2.35. The number of pyridine rings is 1. The second-order valence-electron chi connectivity index (χ2n) is 4.44. The normalized spacial score (nSPS) is 11.2. The summed E-state index contributed by atoms with van der Waals surface area (Å²) in [7, 11) is 0. The highest BCUT2D eigenvalue weighted by Crippen LogP contribution is 2.07. The van der Waals surface area contributed by atoms with Gasteiger partial charge in [0.25, 0.3) is 0 Å². The smallest absolute Gasteiger partial charge is 0.240 e. The molecule has 1 amide bonds. The minimum Gasteiger partial charge on any atom is -0.336 e. The molecule has 0 aromatic carbocycles. The van der Waals surface area contributed by atoms with Crippen LogP contribution in [0.3, 0.4) is 0 Å². The molecule has 6 heteroatoms. The first-order valence-corrected chi connectivity index (χ1v) is 6.00. The van der Waals surface area contributed by atoms with Crippen LogP contribution in [-0.4, -0.2) is 28.4 Å². The quantitative estimate of drug-likeness (QED) is 0.907. The van der Waals surface area contributed by atoms with Gasteiger partial charge in [-0.2, -0.15) is 0 Å². The lowest BCUT2D eigenvalue weighted by Crippen LogP contribution is -2.46. The SMILES string of the molecule is CCN(Cc1ccccn1)C(=O)C(N)C(C)C.Cl.Cl. The molecule has 0 radical (unpaired) electrons. The highest BCUT2D eigenvalue weighted by atomic mass is 35.5. The highest BCUT2D eigenvalue weighted by molar-refractivity contribution is 5.85. The third-order valence-corrected chi connectivity index (χ3v) is 2.78. The number of halogens is 2. The zero-order chi connectivity index (χ0) is 12.8. The van der Waals surface area contributed by atoms with Crippen molar-refractivity contribution in [3.05, 3.63) is 30.1 Å². The first-order chi connectivity index (χ1) is 8.06. The van der Waals surface area contributed by atoms with Gasteiger partial charge < -0.3 is 10.6 Å². The minimum absolute atomic E-state index is 0. The summed E-state index contributed by atoms with van der Waals surface area (Å²) in [4.78, 5) is 18.1. The molecule has 0 fully saturated rings. The highest BCUT2D eigenvalue weighted by Gasteiger charge is 2.22. The van der Waals surface area contributed by atoms with E-state index in [9.17, 15) is 4.79 Å². The van der Waals surface area contributed by atoms with E-state index in [2.05, 4.69) is 4.98 Å². The van der Waals surface area contributed by atoms with Crippen molar-refractivity contribution in [1.82, 2.24) is 9.88 Å². The summed E-state index contributed by atoms with van der Waals surface area (Å²) in [6.07, 6.45) is 1.73. The van der Waals surface area contributed by atoms with Gasteiger partial charge in [-0.15, -0.1) is 24.8 Å². The zero-order valence-corrected chi connectivity index (χ0v) is 13.2. The van der Waals surface area contributed by atoms with Gasteiger partial charge >= 0.3 is 0 Å². The van der Waals surface area contributed by atoms with E-state index in [1.165, 1.54) is 0 Å². The number of hydrogen-bond acceptors (Lipinski definition) is 3. The standard InChI is InChI=1S/C13H21N3O.2ClH/c1-4-16(13(17)12(14)10(2)3)9-11-7-5-6-8-15-11;;/h5-8,10,12H,4,9,14H2,1-3H3;2*1H. The molecule has 4 nitrogen and oxygen atoms in total. The summed E-state index contributed by atoms with van der Waals surface area (Å²) >= 11 is 0. The average molecular weight is 308 g/mol. The molecule has 0 bridgehead atoms. The van der Waals surface area contributed by atoms with Crippen LogP contribution in [0.5, 0.6) is 0 Å². The Kier molecular flexibility index (Phi) is 10.8. The van der Waals surface area contributed by atoms with E-state index in [-0.39, 0.29) is 36.6 Å². The third kappa shape index (κ3) is 6.23. The van der Waals surface area contributed by atoms with Crippen molar-refractivity contribution in [2.45, 2.75) is 33.4 Å². The topological polar surface area (TPSA) is 59.2 Å². The summed E-state index contributed by atoms with van der Waals surface area (Å²) in [6, 6.07) is 5.26. The van der Waals surface area contributed by atoms with E-state index >= 15 is 0 Å². The van der Waals surface area contributed by atoms with Crippen LogP contribution in [0.15, 0.2) is 24.4 Å². The Hall–Kier alpha value is -0.840. The number of rotatable bonds is 5. The van der Waals surface area contributed by atoms with Gasteiger partial charge in [0.05, 0.1) is 18.3 Å². The first kappa shape index (κ1) is 20.5. The lowest BCUT2D eigenvalue weighted by molar-refractivity contribution is -0.134. The molecule has 1 aromatic heterocycles. The molecule has 0 aliphatic carbocycles. The Morgan fingerprint density at radius 1 is 1.37 bits per heavy atom. The molecule has 1 atom stereocenters. The van der Waals surface area contributed by atoms with Crippen molar-refractivity contribution >= 4 is 30.7 Å². The third-order valence-electron chi connectivity index (χ3n) is 2.78. The summed E-state index contributed by atoms with van der Waals surface area (Å²) in [5.41, 5.74) is 6.77. The monoisotopic (exact) mass is 307 g/mol. The van der Waals surface area contributed by atoms with Crippen molar-refractivity contribution in [3.8, 4) is 0 Å². The lowest BCUT2D eigenvalue weighted by atomic mass is 10.0. The van der Waals surface area contributed by atoms with Gasteiger partial charge in [0.15, 0.2) is 0 Å². The van der Waals surface area contributed by atoms with Gasteiger partial charge in [-0.05, 0) is 25.0 Å². The van der Waals surface area contributed by atoms with Gasteiger partial charge in [0.1, 0.15) is 0 Å². The van der Waals surface area contributed by atoms with E-state index < -0.39 is 6.04 Å². The zero-order valence-electron chi connectivity index (χ0n) is 11.6. The van der Waals surface area contributed by atoms with E-state index in [0.29, 0.717) is 13.1 Å². The molecule has 1 rings (SSSR count). The lowest BCUT2D eigenvalue weighted by Gasteiger charge is -2.25. The number of nitrogens with zero attached hydrogens (tertiary/aromatic N) is 2. The number of nitrogens with two attached hydrogens (primary N) is 1. The number of carbonyl (C=O) groups is 1. The Bertz CT molecular complexity index is 360. The fourth-order valence-electron chi connectivity index (χ4n) is 1.53. The maximum absolute atomic E-state index is 12.1. The van der Waals surface area contributed by atoms with Crippen molar-refractivity contribution in [2.75, 3.05) is 6.54 Å². The summed E-state index contributed by atoms with van der Waals surface area (Å²) in [6.45, 7) is 7.04. The predicted octanol–water partition coefficient (Wildman–Crippen LogP) is 2.26. The number of aromatic nitrogens is 1. The van der Waals surface area contributed by atoms with Gasteiger partial charge in [0, 0.05) is 12.7 Å². The van der Waals surface area contributed by atoms with Crippen LogP contribution in [0.1, 0.15) is 26.5 Å². The van der Waals surface area contributed by atoms with Crippen LogP contribution in [0.25, 0.3) is 0 Å². The van der Waals surface area contributed by atoms with Crippen LogP contribution in [0, 0.1) is 5.92 Å². The molecule has 1 heterocycles. The van der Waals surface area contributed by atoms with Crippen molar-refractivity contribution < 1.29 is 4.79 Å².